The molecule has 1 unspecified atom stereocenters. The molecule has 10 heteroatoms. The Balaban J connectivity index is 1.74. The number of likely N-dealkylation sites (N-methyl/N-ethyl adjacent to an activating group) is 1. The van der Waals surface area contributed by atoms with Crippen LogP contribution in [0, 0.1) is 16.0 Å². The molecule has 2 bridgehead atoms. The Morgan fingerprint density at radius 2 is 2.11 bits per heavy atom. The summed E-state index contributed by atoms with van der Waals surface area (Å²) in [4.78, 5) is 39.3. The van der Waals surface area contributed by atoms with Gasteiger partial charge in [0.2, 0.25) is 0 Å². The monoisotopic (exact) mass is 394 g/mol. The zero-order valence-corrected chi connectivity index (χ0v) is 15.5. The highest BCUT2D eigenvalue weighted by atomic mass is 35.5. The molecule has 1 aromatic rings. The summed E-state index contributed by atoms with van der Waals surface area (Å²) >= 11 is 6.10. The zero-order chi connectivity index (χ0) is 19.3. The van der Waals surface area contributed by atoms with Crippen LogP contribution in [0.5, 0.6) is 5.75 Å². The van der Waals surface area contributed by atoms with E-state index >= 15 is 0 Å². The van der Waals surface area contributed by atoms with Gasteiger partial charge < -0.3 is 15.0 Å². The first kappa shape index (κ1) is 18.0. The van der Waals surface area contributed by atoms with Crippen molar-refractivity contribution in [3.63, 3.8) is 0 Å². The minimum absolute atomic E-state index is 0.0154. The number of carbonyl (C=O) groups excluding carboxylic acids is 2. The van der Waals surface area contributed by atoms with Crippen molar-refractivity contribution in [2.75, 3.05) is 31.6 Å². The van der Waals surface area contributed by atoms with E-state index in [-0.39, 0.29) is 40.7 Å². The molecule has 4 heterocycles. The van der Waals surface area contributed by atoms with E-state index in [4.69, 9.17) is 16.3 Å². The molecule has 1 atom stereocenters. The standard InChI is InChI=1S/C17H19ClN4O5/c1-20-11-7-10(18)15(22(25)26)14(16(11)27-8-13(20)23)17(24)19-12-6-9-2-4-21(12)5-3-9/h7,9,12H,2-6,8H2,1H3,(H,19,24). The van der Waals surface area contributed by atoms with E-state index in [9.17, 15) is 19.7 Å². The average molecular weight is 395 g/mol. The number of rotatable bonds is 3. The second-order valence-electron chi connectivity index (χ2n) is 7.13. The summed E-state index contributed by atoms with van der Waals surface area (Å²) in [5.74, 6) is -0.361. The minimum Gasteiger partial charge on any atom is -0.480 e. The molecule has 4 aliphatic heterocycles. The Morgan fingerprint density at radius 1 is 1.41 bits per heavy atom. The summed E-state index contributed by atoms with van der Waals surface area (Å²) in [6.07, 6.45) is 2.87. The van der Waals surface area contributed by atoms with Gasteiger partial charge in [0.1, 0.15) is 5.02 Å². The molecule has 1 N–H and O–H groups in total. The first-order valence-electron chi connectivity index (χ1n) is 8.82. The number of anilines is 1. The lowest BCUT2D eigenvalue weighted by atomic mass is 9.86. The molecule has 3 fully saturated rings. The number of hydrogen-bond acceptors (Lipinski definition) is 6. The van der Waals surface area contributed by atoms with Crippen LogP contribution >= 0.6 is 11.6 Å². The van der Waals surface area contributed by atoms with Gasteiger partial charge in [-0.05, 0) is 31.2 Å². The number of piperidine rings is 3. The van der Waals surface area contributed by atoms with Crippen LogP contribution in [0.3, 0.4) is 0 Å². The fourth-order valence-electron chi connectivity index (χ4n) is 4.10. The smallest absolute Gasteiger partial charge is 0.304 e. The summed E-state index contributed by atoms with van der Waals surface area (Å²) in [6, 6.07) is 1.29. The van der Waals surface area contributed by atoms with Crippen molar-refractivity contribution in [1.29, 1.82) is 0 Å². The summed E-state index contributed by atoms with van der Waals surface area (Å²) < 4.78 is 5.43. The predicted octanol–water partition coefficient (Wildman–Crippen LogP) is 1.77. The van der Waals surface area contributed by atoms with Crippen LogP contribution in [0.25, 0.3) is 0 Å². The quantitative estimate of drug-likeness (QED) is 0.618. The molecule has 0 aromatic heterocycles. The fraction of sp³-hybridized carbons (Fsp3) is 0.529. The van der Waals surface area contributed by atoms with Gasteiger partial charge >= 0.3 is 5.69 Å². The largest absolute Gasteiger partial charge is 0.480 e. The molecule has 3 saturated heterocycles. The van der Waals surface area contributed by atoms with Crippen molar-refractivity contribution in [3.8, 4) is 5.75 Å². The molecule has 27 heavy (non-hydrogen) atoms. The molecule has 4 aliphatic rings. The van der Waals surface area contributed by atoms with Crippen molar-refractivity contribution in [1.82, 2.24) is 10.2 Å². The number of fused-ring (bicyclic) bond motifs is 4. The lowest BCUT2D eigenvalue weighted by molar-refractivity contribution is -0.385. The maximum atomic E-state index is 13.0. The highest BCUT2D eigenvalue weighted by Gasteiger charge is 2.39. The zero-order valence-electron chi connectivity index (χ0n) is 14.7. The van der Waals surface area contributed by atoms with E-state index in [2.05, 4.69) is 10.2 Å². The predicted molar refractivity (Wildman–Crippen MR) is 97.2 cm³/mol. The van der Waals surface area contributed by atoms with E-state index in [1.165, 1.54) is 18.0 Å². The molecule has 0 spiro atoms. The van der Waals surface area contributed by atoms with Crippen LogP contribution in [0.2, 0.25) is 5.02 Å². The highest BCUT2D eigenvalue weighted by molar-refractivity contribution is 6.34. The number of ether oxygens (including phenoxy) is 1. The maximum Gasteiger partial charge on any atom is 0.304 e. The number of hydrogen-bond donors (Lipinski definition) is 1. The molecule has 0 saturated carbocycles. The first-order chi connectivity index (χ1) is 12.9. The molecular formula is C17H19ClN4O5. The van der Waals surface area contributed by atoms with Gasteiger partial charge in [0.25, 0.3) is 11.8 Å². The summed E-state index contributed by atoms with van der Waals surface area (Å²) in [7, 11) is 1.51. The first-order valence-corrected chi connectivity index (χ1v) is 9.19. The Hall–Kier alpha value is -2.39. The van der Waals surface area contributed by atoms with Crippen molar-refractivity contribution in [3.05, 3.63) is 26.8 Å². The van der Waals surface area contributed by atoms with Crippen molar-refractivity contribution in [2.24, 2.45) is 5.92 Å². The average Bonchev–Trinajstić information content (AvgIpc) is 2.65. The molecule has 2 amide bonds. The second-order valence-corrected chi connectivity index (χ2v) is 7.54. The molecular weight excluding hydrogens is 376 g/mol. The van der Waals surface area contributed by atoms with Gasteiger partial charge in [-0.2, -0.15) is 0 Å². The lowest BCUT2D eigenvalue weighted by Crippen LogP contribution is -2.56. The van der Waals surface area contributed by atoms with Crippen LogP contribution in [-0.4, -0.2) is 54.5 Å². The molecule has 0 radical (unpaired) electrons. The number of nitro groups is 1. The van der Waals surface area contributed by atoms with Gasteiger partial charge in [0.05, 0.1) is 16.8 Å². The minimum atomic E-state index is -0.690. The van der Waals surface area contributed by atoms with Crippen LogP contribution in [0.1, 0.15) is 29.6 Å². The van der Waals surface area contributed by atoms with Gasteiger partial charge in [0.15, 0.2) is 17.9 Å². The number of benzene rings is 1. The fourth-order valence-corrected chi connectivity index (χ4v) is 4.36. The Labute approximate surface area is 160 Å². The normalized spacial score (nSPS) is 26.4. The molecule has 9 nitrogen and oxygen atoms in total. The second kappa shape index (κ2) is 6.65. The summed E-state index contributed by atoms with van der Waals surface area (Å²) in [5.41, 5.74) is -0.492. The Bertz CT molecular complexity index is 837. The van der Waals surface area contributed by atoms with Crippen LogP contribution in [0.15, 0.2) is 6.07 Å². The maximum absolute atomic E-state index is 13.0. The van der Waals surface area contributed by atoms with E-state index in [0.717, 1.165) is 32.4 Å². The van der Waals surface area contributed by atoms with Crippen LogP contribution < -0.4 is 15.0 Å². The Morgan fingerprint density at radius 3 is 2.70 bits per heavy atom. The number of carbonyl (C=O) groups is 2. The third-order valence-electron chi connectivity index (χ3n) is 5.62. The van der Waals surface area contributed by atoms with Gasteiger partial charge in [-0.15, -0.1) is 0 Å². The van der Waals surface area contributed by atoms with Gasteiger partial charge in [-0.25, -0.2) is 0 Å². The van der Waals surface area contributed by atoms with E-state index in [0.29, 0.717) is 5.92 Å². The van der Waals surface area contributed by atoms with Crippen LogP contribution in [-0.2, 0) is 4.79 Å². The third-order valence-corrected chi connectivity index (χ3v) is 5.90. The topological polar surface area (TPSA) is 105 Å². The molecule has 1 aromatic carbocycles. The van der Waals surface area contributed by atoms with E-state index in [1.54, 1.807) is 0 Å². The number of nitrogens with one attached hydrogen (secondary N) is 1. The van der Waals surface area contributed by atoms with Gasteiger partial charge in [-0.3, -0.25) is 24.6 Å². The number of nitro benzene ring substituents is 1. The summed E-state index contributed by atoms with van der Waals surface area (Å²) in [6.45, 7) is 1.51. The number of halogens is 1. The lowest BCUT2D eigenvalue weighted by Gasteiger charge is -2.45. The van der Waals surface area contributed by atoms with Crippen molar-refractivity contribution < 1.29 is 19.2 Å². The SMILES string of the molecule is CN1C(=O)COc2c1cc(Cl)c([N+](=O)[O-])c2C(=O)NC1CC2CCN1CC2. The van der Waals surface area contributed by atoms with Gasteiger partial charge in [0, 0.05) is 20.1 Å². The van der Waals surface area contributed by atoms with Crippen molar-refractivity contribution in [2.45, 2.75) is 25.4 Å². The van der Waals surface area contributed by atoms with Crippen LogP contribution in [0.4, 0.5) is 11.4 Å². The van der Waals surface area contributed by atoms with E-state index in [1.807, 2.05) is 0 Å². The van der Waals surface area contributed by atoms with Gasteiger partial charge in [-0.1, -0.05) is 11.6 Å². The number of amides is 2. The van der Waals surface area contributed by atoms with Crippen molar-refractivity contribution >= 4 is 34.8 Å². The highest BCUT2D eigenvalue weighted by Crippen LogP contribution is 2.44. The third kappa shape index (κ3) is 3.00. The number of nitrogens with zero attached hydrogens (tertiary/aromatic N) is 3. The molecule has 0 aliphatic carbocycles. The van der Waals surface area contributed by atoms with E-state index < -0.39 is 16.5 Å². The summed E-state index contributed by atoms with van der Waals surface area (Å²) in [5, 5.41) is 14.3. The Kier molecular flexibility index (Phi) is 4.43. The molecule has 5 rings (SSSR count). The molecule has 144 valence electrons.